The Bertz CT molecular complexity index is 1450. The van der Waals surface area contributed by atoms with Crippen LogP contribution in [-0.2, 0) is 37.4 Å². The van der Waals surface area contributed by atoms with E-state index in [0.717, 1.165) is 34.8 Å². The van der Waals surface area contributed by atoms with Gasteiger partial charge in [-0.1, -0.05) is 37.3 Å². The van der Waals surface area contributed by atoms with Crippen molar-refractivity contribution < 1.29 is 28.6 Å². The molecule has 42 heavy (non-hydrogen) atoms. The SMILES string of the molecule is CCCc1nc2c(n1-c1ccc(-c3ccccc3C(=O)OC(C)(C)C)cc1)C(C)(C(=O)OCC)N(C(=O)OCC)CC2. The van der Waals surface area contributed by atoms with Crippen molar-refractivity contribution in [2.24, 2.45) is 0 Å². The molecule has 0 spiro atoms. The second-order valence-electron chi connectivity index (χ2n) is 11.4. The molecule has 0 aliphatic carbocycles. The van der Waals surface area contributed by atoms with Gasteiger partial charge in [0.1, 0.15) is 11.4 Å². The van der Waals surface area contributed by atoms with E-state index < -0.39 is 23.2 Å². The van der Waals surface area contributed by atoms with Crippen LogP contribution in [0.15, 0.2) is 48.5 Å². The summed E-state index contributed by atoms with van der Waals surface area (Å²) < 4.78 is 18.5. The first-order valence-corrected chi connectivity index (χ1v) is 14.6. The molecule has 0 radical (unpaired) electrons. The largest absolute Gasteiger partial charge is 0.464 e. The lowest BCUT2D eigenvalue weighted by Gasteiger charge is -2.42. The molecule has 1 atom stereocenters. The van der Waals surface area contributed by atoms with E-state index in [4.69, 9.17) is 19.2 Å². The van der Waals surface area contributed by atoms with E-state index in [1.165, 1.54) is 4.90 Å². The van der Waals surface area contributed by atoms with Crippen molar-refractivity contribution in [1.29, 1.82) is 0 Å². The van der Waals surface area contributed by atoms with Gasteiger partial charge in [0, 0.05) is 25.1 Å². The molecule has 0 N–H and O–H groups in total. The lowest BCUT2D eigenvalue weighted by Crippen LogP contribution is -2.57. The Morgan fingerprint density at radius 1 is 0.952 bits per heavy atom. The van der Waals surface area contributed by atoms with Crippen LogP contribution in [0.1, 0.15) is 82.5 Å². The molecule has 3 aromatic rings. The van der Waals surface area contributed by atoms with Crippen molar-refractivity contribution in [3.63, 3.8) is 0 Å². The highest BCUT2D eigenvalue weighted by atomic mass is 16.6. The Kier molecular flexibility index (Phi) is 9.09. The number of benzene rings is 2. The van der Waals surface area contributed by atoms with E-state index >= 15 is 0 Å². The van der Waals surface area contributed by atoms with Crippen LogP contribution in [-0.4, -0.2) is 57.8 Å². The summed E-state index contributed by atoms with van der Waals surface area (Å²) in [5, 5.41) is 0. The molecule has 9 heteroatoms. The fourth-order valence-electron chi connectivity index (χ4n) is 5.42. The first-order chi connectivity index (χ1) is 20.0. The normalized spacial score (nSPS) is 16.5. The van der Waals surface area contributed by atoms with E-state index in [2.05, 4.69) is 6.92 Å². The minimum Gasteiger partial charge on any atom is -0.464 e. The van der Waals surface area contributed by atoms with E-state index in [1.54, 1.807) is 26.8 Å². The van der Waals surface area contributed by atoms with Crippen molar-refractivity contribution in [1.82, 2.24) is 14.5 Å². The Morgan fingerprint density at radius 2 is 1.62 bits per heavy atom. The summed E-state index contributed by atoms with van der Waals surface area (Å²) in [4.78, 5) is 46.2. The number of ether oxygens (including phenoxy) is 3. The third kappa shape index (κ3) is 5.91. The van der Waals surface area contributed by atoms with Crippen molar-refractivity contribution in [2.75, 3.05) is 19.8 Å². The Hall–Kier alpha value is -4.14. The van der Waals surface area contributed by atoms with Crippen LogP contribution in [0.3, 0.4) is 0 Å². The van der Waals surface area contributed by atoms with E-state index in [0.29, 0.717) is 24.1 Å². The summed E-state index contributed by atoms with van der Waals surface area (Å²) in [5.41, 5.74) is 2.15. The Balaban J connectivity index is 1.85. The number of rotatable bonds is 8. The number of nitrogens with zero attached hydrogens (tertiary/aromatic N) is 3. The number of esters is 2. The van der Waals surface area contributed by atoms with Crippen molar-refractivity contribution in [3.8, 4) is 16.8 Å². The van der Waals surface area contributed by atoms with Gasteiger partial charge in [-0.25, -0.2) is 19.4 Å². The maximum Gasteiger partial charge on any atom is 0.411 e. The maximum atomic E-state index is 13.6. The van der Waals surface area contributed by atoms with Crippen LogP contribution in [0.5, 0.6) is 0 Å². The van der Waals surface area contributed by atoms with Crippen LogP contribution in [0, 0.1) is 0 Å². The minimum atomic E-state index is -1.45. The van der Waals surface area contributed by atoms with Gasteiger partial charge in [-0.2, -0.15) is 0 Å². The fraction of sp³-hybridized carbons (Fsp3) is 0.455. The smallest absolute Gasteiger partial charge is 0.411 e. The topological polar surface area (TPSA) is 100.0 Å². The third-order valence-electron chi connectivity index (χ3n) is 7.21. The summed E-state index contributed by atoms with van der Waals surface area (Å²) in [6.45, 7) is 13.4. The number of carbonyl (C=O) groups is 3. The predicted octanol–water partition coefficient (Wildman–Crippen LogP) is 6.24. The molecule has 1 aliphatic heterocycles. The summed E-state index contributed by atoms with van der Waals surface area (Å²) in [5.74, 6) is -0.128. The maximum absolute atomic E-state index is 13.6. The van der Waals surface area contributed by atoms with Crippen LogP contribution < -0.4 is 0 Å². The van der Waals surface area contributed by atoms with Gasteiger partial charge < -0.3 is 14.2 Å². The molecule has 1 amide bonds. The second-order valence-corrected chi connectivity index (χ2v) is 11.4. The van der Waals surface area contributed by atoms with E-state index in [-0.39, 0.29) is 25.7 Å². The molecule has 4 rings (SSSR count). The molecule has 9 nitrogen and oxygen atoms in total. The third-order valence-corrected chi connectivity index (χ3v) is 7.21. The predicted molar refractivity (Wildman–Crippen MR) is 160 cm³/mol. The number of aryl methyl sites for hydroxylation is 1. The molecular weight excluding hydrogens is 534 g/mol. The first kappa shape index (κ1) is 30.8. The highest BCUT2D eigenvalue weighted by molar-refractivity contribution is 5.97. The monoisotopic (exact) mass is 575 g/mol. The standard InChI is InChI=1S/C33H41N3O6/c1-8-13-27-34-26-20-21-35(31(39)41-10-3)33(7,30(38)40-9-2)28(26)36(27)23-18-16-22(17-19-23)24-14-11-12-15-25(24)29(37)42-32(4,5)6/h11-12,14-19H,8-10,13,20-21H2,1-7H3. The van der Waals surface area contributed by atoms with Gasteiger partial charge >= 0.3 is 18.0 Å². The van der Waals surface area contributed by atoms with Crippen LogP contribution in [0.25, 0.3) is 16.8 Å². The van der Waals surface area contributed by atoms with Gasteiger partial charge in [0.25, 0.3) is 0 Å². The summed E-state index contributed by atoms with van der Waals surface area (Å²) in [7, 11) is 0. The van der Waals surface area contributed by atoms with Gasteiger partial charge in [0.15, 0.2) is 5.54 Å². The molecule has 0 saturated carbocycles. The second kappa shape index (κ2) is 12.4. The van der Waals surface area contributed by atoms with Gasteiger partial charge in [0.05, 0.1) is 30.2 Å². The van der Waals surface area contributed by atoms with Gasteiger partial charge in [-0.3, -0.25) is 9.47 Å². The molecule has 2 aromatic carbocycles. The zero-order valence-corrected chi connectivity index (χ0v) is 25.7. The lowest BCUT2D eigenvalue weighted by atomic mass is 9.88. The van der Waals surface area contributed by atoms with E-state index in [9.17, 15) is 14.4 Å². The number of carbonyl (C=O) groups excluding carboxylic acids is 3. The molecule has 0 bridgehead atoms. The van der Waals surface area contributed by atoms with Crippen LogP contribution in [0.2, 0.25) is 0 Å². The average Bonchev–Trinajstić information content (AvgIpc) is 3.32. The van der Waals surface area contributed by atoms with Crippen molar-refractivity contribution in [2.45, 2.75) is 78.9 Å². The number of fused-ring (bicyclic) bond motifs is 1. The van der Waals surface area contributed by atoms with Crippen LogP contribution >= 0.6 is 0 Å². The molecule has 224 valence electrons. The quantitative estimate of drug-likeness (QED) is 0.232. The highest BCUT2D eigenvalue weighted by Gasteiger charge is 2.52. The number of hydrogen-bond acceptors (Lipinski definition) is 7. The number of imidazole rings is 1. The summed E-state index contributed by atoms with van der Waals surface area (Å²) in [6.07, 6.45) is 1.43. The lowest BCUT2D eigenvalue weighted by molar-refractivity contribution is -0.157. The highest BCUT2D eigenvalue weighted by Crippen LogP contribution is 2.40. The minimum absolute atomic E-state index is 0.169. The van der Waals surface area contributed by atoms with Gasteiger partial charge in [-0.05, 0) is 77.3 Å². The number of amides is 1. The molecule has 0 saturated heterocycles. The number of aromatic nitrogens is 2. The first-order valence-electron chi connectivity index (χ1n) is 14.6. The zero-order chi connectivity index (χ0) is 30.7. The zero-order valence-electron chi connectivity index (χ0n) is 25.7. The molecular formula is C33H41N3O6. The Labute approximate surface area is 247 Å². The molecule has 1 unspecified atom stereocenters. The van der Waals surface area contributed by atoms with Crippen molar-refractivity contribution in [3.05, 3.63) is 71.3 Å². The summed E-state index contributed by atoms with van der Waals surface area (Å²) >= 11 is 0. The number of hydrogen-bond donors (Lipinski definition) is 0. The molecule has 2 heterocycles. The average molecular weight is 576 g/mol. The van der Waals surface area contributed by atoms with E-state index in [1.807, 2.05) is 67.8 Å². The molecule has 1 aromatic heterocycles. The van der Waals surface area contributed by atoms with Crippen molar-refractivity contribution >= 4 is 18.0 Å². The summed E-state index contributed by atoms with van der Waals surface area (Å²) in [6, 6.07) is 15.1. The molecule has 0 fully saturated rings. The van der Waals surface area contributed by atoms with Crippen LogP contribution in [0.4, 0.5) is 4.79 Å². The fourth-order valence-corrected chi connectivity index (χ4v) is 5.42. The van der Waals surface area contributed by atoms with Gasteiger partial charge in [0.2, 0.25) is 0 Å². The molecule has 1 aliphatic rings. The van der Waals surface area contributed by atoms with Gasteiger partial charge in [-0.15, -0.1) is 0 Å². The Morgan fingerprint density at radius 3 is 2.24 bits per heavy atom.